The maximum absolute atomic E-state index is 12.7. The molecule has 21 heavy (non-hydrogen) atoms. The van der Waals surface area contributed by atoms with Crippen molar-refractivity contribution in [3.8, 4) is 0 Å². The molecule has 1 saturated heterocycles. The predicted octanol–water partition coefficient (Wildman–Crippen LogP) is 1.12. The number of aryl methyl sites for hydroxylation is 2. The number of fused-ring (bicyclic) bond motifs is 1. The molecule has 0 aromatic carbocycles. The van der Waals surface area contributed by atoms with Crippen LogP contribution in [0.1, 0.15) is 29.4 Å². The molecule has 6 heteroatoms. The van der Waals surface area contributed by atoms with Crippen molar-refractivity contribution in [2.75, 3.05) is 13.2 Å². The van der Waals surface area contributed by atoms with Crippen LogP contribution in [-0.4, -0.2) is 49.9 Å². The number of aromatic nitrogens is 3. The smallest absolute Gasteiger partial charge is 0.255 e. The first kappa shape index (κ1) is 14.0. The Morgan fingerprint density at radius 2 is 2.29 bits per heavy atom. The SMILES string of the molecule is Cc1nn(C)c2ncc(C(=O)N3CCC(C)C3CO)cc12. The normalized spacial score (nSPS) is 22.2. The van der Waals surface area contributed by atoms with Gasteiger partial charge in [-0.1, -0.05) is 6.92 Å². The van der Waals surface area contributed by atoms with Gasteiger partial charge in [0.2, 0.25) is 0 Å². The molecular weight excluding hydrogens is 268 g/mol. The minimum atomic E-state index is -0.0943. The first-order valence-electron chi connectivity index (χ1n) is 7.24. The van der Waals surface area contributed by atoms with Gasteiger partial charge >= 0.3 is 0 Å². The molecule has 3 rings (SSSR count). The van der Waals surface area contributed by atoms with Gasteiger partial charge in [0, 0.05) is 25.2 Å². The van der Waals surface area contributed by atoms with Gasteiger partial charge in [-0.25, -0.2) is 4.98 Å². The number of hydrogen-bond acceptors (Lipinski definition) is 4. The Bertz CT molecular complexity index is 694. The van der Waals surface area contributed by atoms with Crippen molar-refractivity contribution in [2.45, 2.75) is 26.3 Å². The standard InChI is InChI=1S/C15H20N4O2/c1-9-4-5-19(13(9)8-20)15(21)11-6-12-10(2)17-18(3)14(12)16-7-11/h6-7,9,13,20H,4-5,8H2,1-3H3. The van der Waals surface area contributed by atoms with Crippen molar-refractivity contribution in [1.82, 2.24) is 19.7 Å². The summed E-state index contributed by atoms with van der Waals surface area (Å²) in [7, 11) is 1.84. The number of aliphatic hydroxyl groups is 1. The summed E-state index contributed by atoms with van der Waals surface area (Å²) >= 11 is 0. The lowest BCUT2D eigenvalue weighted by atomic mass is 10.0. The third-order valence-electron chi connectivity index (χ3n) is 4.44. The Morgan fingerprint density at radius 1 is 1.52 bits per heavy atom. The molecule has 0 bridgehead atoms. The van der Waals surface area contributed by atoms with Gasteiger partial charge in [-0.05, 0) is 25.3 Å². The number of amides is 1. The minimum Gasteiger partial charge on any atom is -0.394 e. The maximum Gasteiger partial charge on any atom is 0.255 e. The molecule has 0 aliphatic carbocycles. The van der Waals surface area contributed by atoms with Crippen LogP contribution in [0.3, 0.4) is 0 Å². The number of likely N-dealkylation sites (tertiary alicyclic amines) is 1. The summed E-state index contributed by atoms with van der Waals surface area (Å²) in [5.41, 5.74) is 2.20. The zero-order valence-electron chi connectivity index (χ0n) is 12.6. The van der Waals surface area contributed by atoms with E-state index in [0.717, 1.165) is 23.1 Å². The van der Waals surface area contributed by atoms with E-state index >= 15 is 0 Å². The van der Waals surface area contributed by atoms with E-state index in [1.807, 2.05) is 20.0 Å². The average molecular weight is 288 g/mol. The monoisotopic (exact) mass is 288 g/mol. The number of rotatable bonds is 2. The summed E-state index contributed by atoms with van der Waals surface area (Å²) in [4.78, 5) is 18.8. The number of nitrogens with zero attached hydrogens (tertiary/aromatic N) is 4. The highest BCUT2D eigenvalue weighted by Crippen LogP contribution is 2.26. The molecule has 2 aromatic heterocycles. The summed E-state index contributed by atoms with van der Waals surface area (Å²) in [6, 6.07) is 1.76. The van der Waals surface area contributed by atoms with Crippen molar-refractivity contribution < 1.29 is 9.90 Å². The molecule has 2 aromatic rings. The molecule has 0 spiro atoms. The Labute approximate surface area is 123 Å². The molecule has 1 aliphatic rings. The van der Waals surface area contributed by atoms with Crippen molar-refractivity contribution in [1.29, 1.82) is 0 Å². The second kappa shape index (κ2) is 5.11. The third kappa shape index (κ3) is 2.19. The fourth-order valence-corrected chi connectivity index (χ4v) is 3.13. The first-order valence-corrected chi connectivity index (χ1v) is 7.24. The molecule has 2 atom stereocenters. The summed E-state index contributed by atoms with van der Waals surface area (Å²) in [5, 5.41) is 14.7. The van der Waals surface area contributed by atoms with E-state index in [9.17, 15) is 9.90 Å². The van der Waals surface area contributed by atoms with Gasteiger partial charge in [0.15, 0.2) is 5.65 Å². The highest BCUT2D eigenvalue weighted by molar-refractivity contribution is 5.97. The molecule has 1 fully saturated rings. The zero-order chi connectivity index (χ0) is 15.1. The fraction of sp³-hybridized carbons (Fsp3) is 0.533. The number of pyridine rings is 1. The van der Waals surface area contributed by atoms with Gasteiger partial charge in [-0.3, -0.25) is 9.48 Å². The lowest BCUT2D eigenvalue weighted by Crippen LogP contribution is -2.39. The molecule has 1 aliphatic heterocycles. The topological polar surface area (TPSA) is 71.2 Å². The van der Waals surface area contributed by atoms with Crippen molar-refractivity contribution >= 4 is 16.9 Å². The molecule has 2 unspecified atom stereocenters. The molecule has 0 radical (unpaired) electrons. The number of hydrogen-bond donors (Lipinski definition) is 1. The lowest BCUT2D eigenvalue weighted by molar-refractivity contribution is 0.0648. The largest absolute Gasteiger partial charge is 0.394 e. The zero-order valence-corrected chi connectivity index (χ0v) is 12.6. The van der Waals surface area contributed by atoms with Crippen LogP contribution in [0, 0.1) is 12.8 Å². The average Bonchev–Trinajstić information content (AvgIpc) is 2.98. The molecule has 1 amide bonds. The number of carbonyl (C=O) groups is 1. The van der Waals surface area contributed by atoms with Gasteiger partial charge in [0.1, 0.15) is 0 Å². The van der Waals surface area contributed by atoms with Crippen molar-refractivity contribution in [3.63, 3.8) is 0 Å². The van der Waals surface area contributed by atoms with E-state index in [1.54, 1.807) is 15.8 Å². The Hall–Kier alpha value is -1.95. The van der Waals surface area contributed by atoms with E-state index < -0.39 is 0 Å². The summed E-state index contributed by atoms with van der Waals surface area (Å²) in [6.07, 6.45) is 2.53. The quantitative estimate of drug-likeness (QED) is 0.899. The molecule has 3 heterocycles. The van der Waals surface area contributed by atoms with Crippen LogP contribution in [0.4, 0.5) is 0 Å². The van der Waals surface area contributed by atoms with Crippen LogP contribution in [0.2, 0.25) is 0 Å². The predicted molar refractivity (Wildman–Crippen MR) is 78.9 cm³/mol. The van der Waals surface area contributed by atoms with Crippen molar-refractivity contribution in [3.05, 3.63) is 23.5 Å². The molecule has 112 valence electrons. The molecule has 0 saturated carbocycles. The number of aliphatic hydroxyl groups excluding tert-OH is 1. The van der Waals surface area contributed by atoms with Crippen LogP contribution in [0.5, 0.6) is 0 Å². The van der Waals surface area contributed by atoms with E-state index in [2.05, 4.69) is 17.0 Å². The lowest BCUT2D eigenvalue weighted by Gasteiger charge is -2.25. The van der Waals surface area contributed by atoms with E-state index in [-0.39, 0.29) is 18.6 Å². The Kier molecular flexibility index (Phi) is 3.41. The first-order chi connectivity index (χ1) is 10.0. The summed E-state index contributed by atoms with van der Waals surface area (Å²) < 4.78 is 1.72. The van der Waals surface area contributed by atoms with Crippen LogP contribution >= 0.6 is 0 Å². The maximum atomic E-state index is 12.7. The molecular formula is C15H20N4O2. The third-order valence-corrected chi connectivity index (χ3v) is 4.44. The van der Waals surface area contributed by atoms with Crippen LogP contribution in [0.25, 0.3) is 11.0 Å². The van der Waals surface area contributed by atoms with Crippen LogP contribution < -0.4 is 0 Å². The van der Waals surface area contributed by atoms with E-state index in [4.69, 9.17) is 0 Å². The van der Waals surface area contributed by atoms with Gasteiger partial charge in [0.25, 0.3) is 5.91 Å². The van der Waals surface area contributed by atoms with Gasteiger partial charge in [-0.15, -0.1) is 0 Å². The summed E-state index contributed by atoms with van der Waals surface area (Å²) in [6.45, 7) is 4.68. The van der Waals surface area contributed by atoms with Crippen molar-refractivity contribution in [2.24, 2.45) is 13.0 Å². The molecule has 1 N–H and O–H groups in total. The highest BCUT2D eigenvalue weighted by Gasteiger charge is 2.34. The number of carbonyl (C=O) groups excluding carboxylic acids is 1. The minimum absolute atomic E-state index is 0.00843. The van der Waals surface area contributed by atoms with Crippen LogP contribution in [-0.2, 0) is 7.05 Å². The van der Waals surface area contributed by atoms with E-state index in [0.29, 0.717) is 18.0 Å². The van der Waals surface area contributed by atoms with Crippen LogP contribution in [0.15, 0.2) is 12.3 Å². The van der Waals surface area contributed by atoms with Gasteiger partial charge in [0.05, 0.1) is 23.9 Å². The molecule has 6 nitrogen and oxygen atoms in total. The second-order valence-corrected chi connectivity index (χ2v) is 5.82. The van der Waals surface area contributed by atoms with Gasteiger partial charge < -0.3 is 10.0 Å². The highest BCUT2D eigenvalue weighted by atomic mass is 16.3. The second-order valence-electron chi connectivity index (χ2n) is 5.82. The Morgan fingerprint density at radius 3 is 3.00 bits per heavy atom. The van der Waals surface area contributed by atoms with E-state index in [1.165, 1.54) is 0 Å². The van der Waals surface area contributed by atoms with Gasteiger partial charge in [-0.2, -0.15) is 5.10 Å². The fourth-order valence-electron chi connectivity index (χ4n) is 3.13. The Balaban J connectivity index is 1.96. The summed E-state index contributed by atoms with van der Waals surface area (Å²) in [5.74, 6) is 0.270.